The van der Waals surface area contributed by atoms with Gasteiger partial charge in [0, 0.05) is 13.0 Å². The van der Waals surface area contributed by atoms with E-state index in [0.29, 0.717) is 11.9 Å². The minimum absolute atomic E-state index is 0.142. The van der Waals surface area contributed by atoms with Crippen LogP contribution in [0, 0.1) is 0 Å². The summed E-state index contributed by atoms with van der Waals surface area (Å²) in [4.78, 5) is 17.0. The minimum atomic E-state index is -0.470. The normalized spacial score (nSPS) is 21.7. The molecule has 1 atom stereocenters. The van der Waals surface area contributed by atoms with Crippen molar-refractivity contribution in [2.45, 2.75) is 76.4 Å². The maximum Gasteiger partial charge on any atom is 0.255 e. The van der Waals surface area contributed by atoms with Gasteiger partial charge in [-0.1, -0.05) is 25.7 Å². The number of nitrogens with zero attached hydrogens (tertiary/aromatic N) is 3. The lowest BCUT2D eigenvalue weighted by atomic mass is 9.98. The molecule has 1 saturated carbocycles. The number of hydrogen-bond donors (Lipinski definition) is 2. The van der Waals surface area contributed by atoms with Gasteiger partial charge in [0.1, 0.15) is 6.10 Å². The first-order valence-corrected chi connectivity index (χ1v) is 9.71. The van der Waals surface area contributed by atoms with E-state index in [0.717, 1.165) is 44.6 Å². The van der Waals surface area contributed by atoms with Crippen molar-refractivity contribution in [3.8, 4) is 0 Å². The minimum Gasteiger partial charge on any atom is -0.365 e. The van der Waals surface area contributed by atoms with E-state index < -0.39 is 6.10 Å². The third-order valence-corrected chi connectivity index (χ3v) is 5.29. The molecule has 1 unspecified atom stereocenters. The number of piperidine rings is 1. The van der Waals surface area contributed by atoms with Crippen molar-refractivity contribution in [3.63, 3.8) is 0 Å². The lowest BCUT2D eigenvalue weighted by molar-refractivity contribution is -0.130. The third kappa shape index (κ3) is 5.01. The van der Waals surface area contributed by atoms with Gasteiger partial charge >= 0.3 is 0 Å². The summed E-state index contributed by atoms with van der Waals surface area (Å²) in [6.07, 6.45) is 8.87. The van der Waals surface area contributed by atoms with Crippen LogP contribution in [0.15, 0.2) is 0 Å². The maximum absolute atomic E-state index is 12.5. The first-order chi connectivity index (χ1) is 12.1. The molecule has 3 rings (SSSR count). The summed E-state index contributed by atoms with van der Waals surface area (Å²) in [7, 11) is 1.82. The molecule has 0 radical (unpaired) electrons. The summed E-state index contributed by atoms with van der Waals surface area (Å²) in [5.74, 6) is 1.57. The van der Waals surface area contributed by atoms with E-state index in [1.165, 1.54) is 25.7 Å². The highest BCUT2D eigenvalue weighted by atomic mass is 16.5. The quantitative estimate of drug-likeness (QED) is 0.798. The lowest BCUT2D eigenvalue weighted by Crippen LogP contribution is -2.32. The maximum atomic E-state index is 12.5. The Balaban J connectivity index is 1.55. The second kappa shape index (κ2) is 8.76. The molecule has 0 bridgehead atoms. The van der Waals surface area contributed by atoms with Crippen molar-refractivity contribution >= 4 is 11.9 Å². The number of carbonyl (C=O) groups is 1. The Kier molecular flexibility index (Phi) is 6.42. The van der Waals surface area contributed by atoms with Crippen molar-refractivity contribution in [2.24, 2.45) is 7.05 Å². The molecule has 140 valence electrons. The van der Waals surface area contributed by atoms with E-state index in [1.54, 1.807) is 4.68 Å². The standard InChI is InChI=1S/C18H31N5O2/c1-13(25-15-7-5-3-4-6-8-15)17(24)21-18-20-16(22-23(18)2)14-9-11-19-12-10-14/h13-15,19H,3-12H2,1-2H3,(H,20,21,22,24). The number of carbonyl (C=O) groups excluding carboxylic acids is 1. The Labute approximate surface area is 149 Å². The molecule has 7 nitrogen and oxygen atoms in total. The molecule has 1 aliphatic carbocycles. The molecule has 1 aliphatic heterocycles. The summed E-state index contributed by atoms with van der Waals surface area (Å²) < 4.78 is 7.65. The molecule has 0 aromatic carbocycles. The van der Waals surface area contributed by atoms with Crippen LogP contribution in [0.25, 0.3) is 0 Å². The van der Waals surface area contributed by atoms with Crippen molar-refractivity contribution < 1.29 is 9.53 Å². The van der Waals surface area contributed by atoms with Crippen LogP contribution < -0.4 is 10.6 Å². The monoisotopic (exact) mass is 349 g/mol. The van der Waals surface area contributed by atoms with Gasteiger partial charge in [0.2, 0.25) is 5.95 Å². The molecule has 2 aliphatic rings. The number of amides is 1. The molecule has 25 heavy (non-hydrogen) atoms. The third-order valence-electron chi connectivity index (χ3n) is 5.29. The summed E-state index contributed by atoms with van der Waals surface area (Å²) in [5.41, 5.74) is 0. The summed E-state index contributed by atoms with van der Waals surface area (Å²) in [6, 6.07) is 0. The predicted molar refractivity (Wildman–Crippen MR) is 96.5 cm³/mol. The number of aryl methyl sites for hydroxylation is 1. The Bertz CT molecular complexity index is 560. The fourth-order valence-electron chi connectivity index (χ4n) is 3.71. The molecule has 2 heterocycles. The second-order valence-electron chi connectivity index (χ2n) is 7.32. The highest BCUT2D eigenvalue weighted by Crippen LogP contribution is 2.24. The average molecular weight is 349 g/mol. The highest BCUT2D eigenvalue weighted by Gasteiger charge is 2.24. The van der Waals surface area contributed by atoms with E-state index in [2.05, 4.69) is 20.7 Å². The Hall–Kier alpha value is -1.47. The molecular weight excluding hydrogens is 318 g/mol. The zero-order valence-electron chi connectivity index (χ0n) is 15.5. The number of hydrogen-bond acceptors (Lipinski definition) is 5. The van der Waals surface area contributed by atoms with E-state index in [9.17, 15) is 4.79 Å². The lowest BCUT2D eigenvalue weighted by Gasteiger charge is -2.20. The number of anilines is 1. The largest absolute Gasteiger partial charge is 0.365 e. The molecule has 1 aromatic heterocycles. The van der Waals surface area contributed by atoms with Crippen LogP contribution >= 0.6 is 0 Å². The van der Waals surface area contributed by atoms with Gasteiger partial charge in [-0.25, -0.2) is 4.68 Å². The van der Waals surface area contributed by atoms with Gasteiger partial charge in [-0.3, -0.25) is 10.1 Å². The van der Waals surface area contributed by atoms with Crippen LogP contribution in [0.3, 0.4) is 0 Å². The molecular formula is C18H31N5O2. The van der Waals surface area contributed by atoms with Crippen LogP contribution in [0.1, 0.15) is 70.0 Å². The molecule has 0 spiro atoms. The molecule has 2 fully saturated rings. The van der Waals surface area contributed by atoms with Crippen LogP contribution in [0.5, 0.6) is 0 Å². The van der Waals surface area contributed by atoms with Crippen LogP contribution in [-0.4, -0.2) is 46.0 Å². The van der Waals surface area contributed by atoms with Crippen LogP contribution in [0.4, 0.5) is 5.95 Å². The van der Waals surface area contributed by atoms with E-state index in [1.807, 2.05) is 14.0 Å². The van der Waals surface area contributed by atoms with E-state index in [4.69, 9.17) is 4.74 Å². The fourth-order valence-corrected chi connectivity index (χ4v) is 3.71. The molecule has 1 amide bonds. The SMILES string of the molecule is CC(OC1CCCCCC1)C(=O)Nc1nc(C2CCNCC2)nn1C. The average Bonchev–Trinajstić information content (AvgIpc) is 2.82. The fraction of sp³-hybridized carbons (Fsp3) is 0.833. The van der Waals surface area contributed by atoms with Crippen molar-refractivity contribution in [1.82, 2.24) is 20.1 Å². The van der Waals surface area contributed by atoms with Crippen molar-refractivity contribution in [2.75, 3.05) is 18.4 Å². The topological polar surface area (TPSA) is 81.1 Å². The zero-order chi connectivity index (χ0) is 17.6. The van der Waals surface area contributed by atoms with Crippen LogP contribution in [-0.2, 0) is 16.6 Å². The summed E-state index contributed by atoms with van der Waals surface area (Å²) in [5, 5.41) is 10.7. The van der Waals surface area contributed by atoms with Gasteiger partial charge in [-0.15, -0.1) is 0 Å². The Morgan fingerprint density at radius 1 is 1.20 bits per heavy atom. The van der Waals surface area contributed by atoms with Gasteiger partial charge in [-0.05, 0) is 45.7 Å². The number of rotatable bonds is 5. The van der Waals surface area contributed by atoms with E-state index in [-0.39, 0.29) is 12.0 Å². The smallest absolute Gasteiger partial charge is 0.255 e. The first kappa shape index (κ1) is 18.3. The van der Waals surface area contributed by atoms with Crippen molar-refractivity contribution in [3.05, 3.63) is 5.82 Å². The Morgan fingerprint density at radius 3 is 2.56 bits per heavy atom. The Morgan fingerprint density at radius 2 is 1.88 bits per heavy atom. The molecule has 1 aromatic rings. The highest BCUT2D eigenvalue weighted by molar-refractivity contribution is 5.92. The van der Waals surface area contributed by atoms with Crippen molar-refractivity contribution in [1.29, 1.82) is 0 Å². The van der Waals surface area contributed by atoms with Gasteiger partial charge in [-0.2, -0.15) is 10.1 Å². The second-order valence-corrected chi connectivity index (χ2v) is 7.32. The number of aromatic nitrogens is 3. The summed E-state index contributed by atoms with van der Waals surface area (Å²) >= 11 is 0. The summed E-state index contributed by atoms with van der Waals surface area (Å²) in [6.45, 7) is 3.82. The number of nitrogens with one attached hydrogen (secondary N) is 2. The number of ether oxygens (including phenoxy) is 1. The van der Waals surface area contributed by atoms with Crippen LogP contribution in [0.2, 0.25) is 0 Å². The van der Waals surface area contributed by atoms with Gasteiger partial charge in [0.15, 0.2) is 5.82 Å². The molecule has 2 N–H and O–H groups in total. The van der Waals surface area contributed by atoms with Gasteiger partial charge in [0.25, 0.3) is 5.91 Å². The van der Waals surface area contributed by atoms with Gasteiger partial charge in [0.05, 0.1) is 6.10 Å². The first-order valence-electron chi connectivity index (χ1n) is 9.71. The van der Waals surface area contributed by atoms with Gasteiger partial charge < -0.3 is 10.1 Å². The predicted octanol–water partition coefficient (Wildman–Crippen LogP) is 2.35. The molecule has 1 saturated heterocycles. The zero-order valence-corrected chi connectivity index (χ0v) is 15.5. The molecule has 7 heteroatoms. The van der Waals surface area contributed by atoms with E-state index >= 15 is 0 Å².